The largest absolute Gasteiger partial charge is 0.309 e. The Bertz CT molecular complexity index is 512. The summed E-state index contributed by atoms with van der Waals surface area (Å²) in [6.45, 7) is 3.17. The molecule has 0 saturated heterocycles. The van der Waals surface area contributed by atoms with Crippen LogP contribution < -0.4 is 5.32 Å². The molecule has 2 aromatic rings. The Morgan fingerprint density at radius 1 is 1.37 bits per heavy atom. The molecule has 0 aliphatic rings. The van der Waals surface area contributed by atoms with E-state index in [1.807, 2.05) is 18.3 Å². The number of aromatic nitrogens is 1. The highest BCUT2D eigenvalue weighted by atomic mass is 79.9. The van der Waals surface area contributed by atoms with Gasteiger partial charge in [0.05, 0.1) is 4.34 Å². The third-order valence-electron chi connectivity index (χ3n) is 2.78. The van der Waals surface area contributed by atoms with Gasteiger partial charge in [0.15, 0.2) is 0 Å². The summed E-state index contributed by atoms with van der Waals surface area (Å²) in [4.78, 5) is 5.71. The molecule has 5 heteroatoms. The molecule has 2 nitrogen and oxygen atoms in total. The van der Waals surface area contributed by atoms with Gasteiger partial charge in [-0.05, 0) is 53.2 Å². The van der Waals surface area contributed by atoms with Crippen LogP contribution in [0.25, 0.3) is 0 Å². The summed E-state index contributed by atoms with van der Waals surface area (Å²) >= 11 is 11.1. The molecular weight excluding hydrogens is 344 g/mol. The van der Waals surface area contributed by atoms with Crippen LogP contribution in [0.15, 0.2) is 34.9 Å². The molecule has 0 radical (unpaired) electrons. The second-order valence-electron chi connectivity index (χ2n) is 4.32. The van der Waals surface area contributed by atoms with E-state index in [1.54, 1.807) is 11.3 Å². The van der Waals surface area contributed by atoms with Crippen LogP contribution >= 0.6 is 38.9 Å². The molecule has 0 amide bonds. The van der Waals surface area contributed by atoms with E-state index in [-0.39, 0.29) is 6.04 Å². The number of nitrogens with zero attached hydrogens (tertiary/aromatic N) is 1. The molecule has 1 unspecified atom stereocenters. The zero-order valence-electron chi connectivity index (χ0n) is 10.7. The van der Waals surface area contributed by atoms with Gasteiger partial charge in [0.25, 0.3) is 0 Å². The molecule has 1 atom stereocenters. The van der Waals surface area contributed by atoms with E-state index in [0.29, 0.717) is 0 Å². The second-order valence-corrected chi connectivity index (χ2v) is 6.98. The fourth-order valence-electron chi connectivity index (χ4n) is 1.84. The summed E-state index contributed by atoms with van der Waals surface area (Å²) in [5.74, 6) is 0. The zero-order valence-corrected chi connectivity index (χ0v) is 13.9. The molecular formula is C14H16BrClN2S. The topological polar surface area (TPSA) is 24.9 Å². The zero-order chi connectivity index (χ0) is 13.7. The number of halogens is 2. The molecule has 1 N–H and O–H groups in total. The van der Waals surface area contributed by atoms with Crippen molar-refractivity contribution in [2.45, 2.75) is 25.8 Å². The first kappa shape index (κ1) is 15.0. The monoisotopic (exact) mass is 358 g/mol. The number of nitrogens with one attached hydrogen (secondary N) is 1. The van der Waals surface area contributed by atoms with Crippen LogP contribution in [-0.2, 0) is 6.42 Å². The average Bonchev–Trinajstić information content (AvgIpc) is 2.83. The molecule has 0 spiro atoms. The predicted octanol–water partition coefficient (Wildman–Crippen LogP) is 4.84. The highest BCUT2D eigenvalue weighted by Gasteiger charge is 2.14. The summed E-state index contributed by atoms with van der Waals surface area (Å²) in [7, 11) is 0. The van der Waals surface area contributed by atoms with E-state index >= 15 is 0 Å². The minimum Gasteiger partial charge on any atom is -0.309 e. The molecule has 0 aromatic carbocycles. The van der Waals surface area contributed by atoms with Crippen LogP contribution in [0.4, 0.5) is 0 Å². The number of thiophene rings is 1. The second kappa shape index (κ2) is 7.39. The van der Waals surface area contributed by atoms with Crippen molar-refractivity contribution in [3.8, 4) is 0 Å². The maximum atomic E-state index is 6.03. The molecule has 0 aliphatic heterocycles. The predicted molar refractivity (Wildman–Crippen MR) is 86.0 cm³/mol. The van der Waals surface area contributed by atoms with E-state index in [9.17, 15) is 0 Å². The first-order chi connectivity index (χ1) is 9.19. The molecule has 0 bridgehead atoms. The smallest absolute Gasteiger partial charge is 0.0931 e. The van der Waals surface area contributed by atoms with Crippen molar-refractivity contribution in [3.63, 3.8) is 0 Å². The van der Waals surface area contributed by atoms with Crippen LogP contribution in [-0.4, -0.2) is 11.5 Å². The molecule has 19 heavy (non-hydrogen) atoms. The standard InChI is InChI=1S/C14H16BrClN2S/c1-2-7-17-12(13-5-6-14(16)19-13)8-11-4-3-10(15)9-18-11/h3-6,9,12,17H,2,7-8H2,1H3. The Kier molecular flexibility index (Phi) is 5.82. The first-order valence-electron chi connectivity index (χ1n) is 6.28. The molecule has 2 aromatic heterocycles. The van der Waals surface area contributed by atoms with Crippen LogP contribution in [0, 0.1) is 0 Å². The van der Waals surface area contributed by atoms with Gasteiger partial charge < -0.3 is 5.32 Å². The van der Waals surface area contributed by atoms with Gasteiger partial charge in [-0.3, -0.25) is 4.98 Å². The number of hydrogen-bond donors (Lipinski definition) is 1. The Labute approximate surface area is 131 Å². The molecule has 0 fully saturated rings. The van der Waals surface area contributed by atoms with Crippen molar-refractivity contribution in [2.24, 2.45) is 0 Å². The van der Waals surface area contributed by atoms with Gasteiger partial charge in [-0.2, -0.15) is 0 Å². The number of pyridine rings is 1. The lowest BCUT2D eigenvalue weighted by molar-refractivity contribution is 0.531. The first-order valence-corrected chi connectivity index (χ1v) is 8.27. The molecule has 0 aliphatic carbocycles. The van der Waals surface area contributed by atoms with E-state index in [4.69, 9.17) is 11.6 Å². The Morgan fingerprint density at radius 2 is 2.21 bits per heavy atom. The third-order valence-corrected chi connectivity index (χ3v) is 4.59. The summed E-state index contributed by atoms with van der Waals surface area (Å²) in [6, 6.07) is 8.42. The van der Waals surface area contributed by atoms with Gasteiger partial charge in [0, 0.05) is 33.7 Å². The van der Waals surface area contributed by atoms with Gasteiger partial charge in [-0.1, -0.05) is 18.5 Å². The van der Waals surface area contributed by atoms with Crippen molar-refractivity contribution in [3.05, 3.63) is 49.8 Å². The van der Waals surface area contributed by atoms with Gasteiger partial charge in [0.2, 0.25) is 0 Å². The van der Waals surface area contributed by atoms with Crippen molar-refractivity contribution in [1.82, 2.24) is 10.3 Å². The normalized spacial score (nSPS) is 12.6. The summed E-state index contributed by atoms with van der Waals surface area (Å²) in [5.41, 5.74) is 1.08. The van der Waals surface area contributed by atoms with Crippen molar-refractivity contribution < 1.29 is 0 Å². The average molecular weight is 360 g/mol. The van der Waals surface area contributed by atoms with Crippen molar-refractivity contribution in [2.75, 3.05) is 6.54 Å². The lowest BCUT2D eigenvalue weighted by Gasteiger charge is -2.16. The van der Waals surface area contributed by atoms with Crippen LogP contribution in [0.2, 0.25) is 4.34 Å². The summed E-state index contributed by atoms with van der Waals surface area (Å²) in [5, 5.41) is 3.56. The molecule has 2 heterocycles. The van der Waals surface area contributed by atoms with E-state index in [0.717, 1.165) is 33.9 Å². The Morgan fingerprint density at radius 3 is 2.79 bits per heavy atom. The number of hydrogen-bond acceptors (Lipinski definition) is 3. The van der Waals surface area contributed by atoms with Crippen LogP contribution in [0.5, 0.6) is 0 Å². The van der Waals surface area contributed by atoms with Crippen molar-refractivity contribution in [1.29, 1.82) is 0 Å². The maximum Gasteiger partial charge on any atom is 0.0931 e. The SMILES string of the molecule is CCCNC(Cc1ccc(Br)cn1)c1ccc(Cl)s1. The minimum atomic E-state index is 0.283. The summed E-state index contributed by atoms with van der Waals surface area (Å²) in [6.07, 6.45) is 3.83. The third kappa shape index (κ3) is 4.56. The quantitative estimate of drug-likeness (QED) is 0.798. The number of rotatable bonds is 6. The molecule has 102 valence electrons. The van der Waals surface area contributed by atoms with Gasteiger partial charge in [0.1, 0.15) is 0 Å². The lowest BCUT2D eigenvalue weighted by atomic mass is 10.1. The Hall–Kier alpha value is -0.420. The fourth-order valence-corrected chi connectivity index (χ4v) is 3.21. The minimum absolute atomic E-state index is 0.283. The maximum absolute atomic E-state index is 6.03. The van der Waals surface area contributed by atoms with E-state index in [2.05, 4.69) is 45.3 Å². The van der Waals surface area contributed by atoms with Crippen molar-refractivity contribution >= 4 is 38.9 Å². The highest BCUT2D eigenvalue weighted by Crippen LogP contribution is 2.28. The summed E-state index contributed by atoms with van der Waals surface area (Å²) < 4.78 is 1.84. The van der Waals surface area contributed by atoms with Gasteiger partial charge >= 0.3 is 0 Å². The van der Waals surface area contributed by atoms with Gasteiger partial charge in [-0.25, -0.2) is 0 Å². The van der Waals surface area contributed by atoms with Gasteiger partial charge in [-0.15, -0.1) is 11.3 Å². The fraction of sp³-hybridized carbons (Fsp3) is 0.357. The van der Waals surface area contributed by atoms with E-state index in [1.165, 1.54) is 4.88 Å². The van der Waals surface area contributed by atoms with Crippen LogP contribution in [0.1, 0.15) is 30.0 Å². The van der Waals surface area contributed by atoms with Crippen LogP contribution in [0.3, 0.4) is 0 Å². The molecule has 2 rings (SSSR count). The van der Waals surface area contributed by atoms with E-state index < -0.39 is 0 Å². The lowest BCUT2D eigenvalue weighted by Crippen LogP contribution is -2.23. The Balaban J connectivity index is 2.11. The molecule has 0 saturated carbocycles. The highest BCUT2D eigenvalue weighted by molar-refractivity contribution is 9.10.